The quantitative estimate of drug-likeness (QED) is 0.637. The lowest BCUT2D eigenvalue weighted by Crippen LogP contribution is -2.11. The minimum atomic E-state index is 0.0340. The van der Waals surface area contributed by atoms with Gasteiger partial charge in [0.25, 0.3) is 0 Å². The van der Waals surface area contributed by atoms with E-state index in [1.54, 1.807) is 7.11 Å². The molecule has 1 aromatic rings. The minimum absolute atomic E-state index is 0.0340. The molecule has 0 atom stereocenters. The Morgan fingerprint density at radius 1 is 1.17 bits per heavy atom. The number of ether oxygens (including phenoxy) is 1. The number of hydrogen-bond acceptors (Lipinski definition) is 1. The van der Waals surface area contributed by atoms with E-state index >= 15 is 0 Å². The van der Waals surface area contributed by atoms with Crippen molar-refractivity contribution in [3.8, 4) is 5.75 Å². The zero-order chi connectivity index (χ0) is 9.19. The van der Waals surface area contributed by atoms with Crippen molar-refractivity contribution in [2.24, 2.45) is 0 Å². The van der Waals surface area contributed by atoms with Crippen molar-refractivity contribution in [2.45, 2.75) is 18.6 Å². The Morgan fingerprint density at radius 2 is 1.67 bits per heavy atom. The Labute approximate surface area is 79.2 Å². The highest BCUT2D eigenvalue weighted by Gasteiger charge is 2.20. The molecule has 1 rings (SSSR count). The van der Waals surface area contributed by atoms with Gasteiger partial charge in [0.05, 0.1) is 7.11 Å². The van der Waals surface area contributed by atoms with E-state index < -0.39 is 0 Å². The predicted octanol–water partition coefficient (Wildman–Crippen LogP) is 1.94. The van der Waals surface area contributed by atoms with Gasteiger partial charge in [-0.3, -0.25) is 0 Å². The van der Waals surface area contributed by atoms with E-state index in [1.165, 1.54) is 5.56 Å². The first-order valence-electron chi connectivity index (χ1n) is 3.93. The van der Waals surface area contributed by atoms with Crippen LogP contribution in [0.5, 0.6) is 5.75 Å². The van der Waals surface area contributed by atoms with E-state index in [0.29, 0.717) is 0 Å². The van der Waals surface area contributed by atoms with Crippen molar-refractivity contribution in [1.29, 1.82) is 0 Å². The van der Waals surface area contributed by atoms with Gasteiger partial charge in [0.2, 0.25) is 0 Å². The fraction of sp³-hybridized carbons (Fsp3) is 0.400. The van der Waals surface area contributed by atoms with E-state index in [0.717, 1.165) is 5.75 Å². The van der Waals surface area contributed by atoms with E-state index in [4.69, 9.17) is 4.74 Å². The molecule has 0 N–H and O–H groups in total. The molecule has 0 unspecified atom stereocenters. The lowest BCUT2D eigenvalue weighted by atomic mass is 10.0. The highest BCUT2D eigenvalue weighted by molar-refractivity contribution is 7.59. The molecule has 0 amide bonds. The standard InChI is InChI=1S/C10H14OS/c1-10(2,12)8-4-6-9(11-3)7-5-8/h4-7,12H,1-3H3/p+1. The lowest BCUT2D eigenvalue weighted by Gasteiger charge is -2.11. The van der Waals surface area contributed by atoms with Gasteiger partial charge in [-0.05, 0) is 38.6 Å². The number of methoxy groups -OCH3 is 1. The van der Waals surface area contributed by atoms with Gasteiger partial charge in [0, 0.05) is 5.56 Å². The molecule has 0 saturated heterocycles. The maximum Gasteiger partial charge on any atom is 0.143 e. The first-order valence-corrected chi connectivity index (χ1v) is 4.43. The number of hydrogen-bond donors (Lipinski definition) is 0. The minimum Gasteiger partial charge on any atom is -0.497 e. The molecule has 0 fully saturated rings. The molecule has 1 aromatic carbocycles. The van der Waals surface area contributed by atoms with Crippen LogP contribution in [0.3, 0.4) is 0 Å². The molecule has 0 aliphatic rings. The van der Waals surface area contributed by atoms with Gasteiger partial charge in [0.15, 0.2) is 0 Å². The molecule has 1 nitrogen and oxygen atoms in total. The van der Waals surface area contributed by atoms with E-state index in [-0.39, 0.29) is 4.75 Å². The topological polar surface area (TPSA) is 9.23 Å². The van der Waals surface area contributed by atoms with Gasteiger partial charge in [-0.25, -0.2) is 0 Å². The van der Waals surface area contributed by atoms with Crippen LogP contribution >= 0.6 is 0 Å². The lowest BCUT2D eigenvalue weighted by molar-refractivity contribution is 0.414. The molecule has 0 aliphatic carbocycles. The molecular formula is C10H15OS+. The third-order valence-corrected chi connectivity index (χ3v) is 2.10. The van der Waals surface area contributed by atoms with Gasteiger partial charge in [-0.2, -0.15) is 0 Å². The van der Waals surface area contributed by atoms with Gasteiger partial charge in [-0.1, -0.05) is 12.1 Å². The Bertz CT molecular complexity index is 246. The SMILES string of the molecule is COc1ccc(C(C)(C)[SH2+])cc1. The van der Waals surface area contributed by atoms with Crippen molar-refractivity contribution in [3.05, 3.63) is 29.8 Å². The molecular weight excluding hydrogens is 168 g/mol. The van der Waals surface area contributed by atoms with Crippen LogP contribution in [0.2, 0.25) is 0 Å². The predicted molar refractivity (Wildman–Crippen MR) is 56.2 cm³/mol. The Balaban J connectivity index is 2.93. The highest BCUT2D eigenvalue weighted by Crippen LogP contribution is 2.22. The molecule has 0 saturated carbocycles. The Kier molecular flexibility index (Phi) is 2.68. The van der Waals surface area contributed by atoms with Crippen LogP contribution in [0.4, 0.5) is 0 Å². The molecule has 12 heavy (non-hydrogen) atoms. The van der Waals surface area contributed by atoms with Gasteiger partial charge in [-0.15, -0.1) is 0 Å². The summed E-state index contributed by atoms with van der Waals surface area (Å²) in [5.41, 5.74) is 1.25. The molecule has 0 spiro atoms. The second-order valence-electron chi connectivity index (χ2n) is 3.35. The maximum atomic E-state index is 5.07. The molecule has 0 bridgehead atoms. The molecule has 66 valence electrons. The summed E-state index contributed by atoms with van der Waals surface area (Å²) in [6.45, 7) is 4.23. The van der Waals surface area contributed by atoms with Crippen LogP contribution in [0.25, 0.3) is 0 Å². The second-order valence-corrected chi connectivity index (χ2v) is 4.60. The third kappa shape index (κ3) is 2.18. The largest absolute Gasteiger partial charge is 0.497 e. The van der Waals surface area contributed by atoms with Gasteiger partial charge < -0.3 is 4.74 Å². The number of rotatable bonds is 2. The van der Waals surface area contributed by atoms with Gasteiger partial charge in [0.1, 0.15) is 10.5 Å². The average Bonchev–Trinajstić information content (AvgIpc) is 2.03. The monoisotopic (exact) mass is 183 g/mol. The normalized spacial score (nSPS) is 11.3. The molecule has 0 aromatic heterocycles. The summed E-state index contributed by atoms with van der Waals surface area (Å²) in [6.07, 6.45) is 0. The smallest absolute Gasteiger partial charge is 0.143 e. The van der Waals surface area contributed by atoms with Crippen LogP contribution in [-0.2, 0) is 17.4 Å². The molecule has 0 heterocycles. The molecule has 0 aliphatic heterocycles. The summed E-state index contributed by atoms with van der Waals surface area (Å²) in [5, 5.41) is 0. The summed E-state index contributed by atoms with van der Waals surface area (Å²) in [5.74, 6) is 0.898. The van der Waals surface area contributed by atoms with Crippen molar-refractivity contribution in [3.63, 3.8) is 0 Å². The van der Waals surface area contributed by atoms with Crippen LogP contribution < -0.4 is 4.74 Å². The van der Waals surface area contributed by atoms with E-state index in [9.17, 15) is 0 Å². The van der Waals surface area contributed by atoms with E-state index in [1.807, 2.05) is 12.1 Å². The fourth-order valence-electron chi connectivity index (χ4n) is 1.01. The summed E-state index contributed by atoms with van der Waals surface area (Å²) in [4.78, 5) is 0. The second kappa shape index (κ2) is 3.40. The van der Waals surface area contributed by atoms with Crippen molar-refractivity contribution < 1.29 is 4.74 Å². The first-order chi connectivity index (χ1) is 5.54. The van der Waals surface area contributed by atoms with Crippen LogP contribution in [0, 0.1) is 0 Å². The average molecular weight is 183 g/mol. The first kappa shape index (κ1) is 9.46. The fourth-order valence-corrected chi connectivity index (χ4v) is 1.17. The summed E-state index contributed by atoms with van der Waals surface area (Å²) >= 11 is 3.64. The molecule has 0 radical (unpaired) electrons. The Hall–Kier alpha value is -0.630. The summed E-state index contributed by atoms with van der Waals surface area (Å²) in [7, 11) is 1.67. The van der Waals surface area contributed by atoms with Gasteiger partial charge >= 0.3 is 0 Å². The third-order valence-electron chi connectivity index (χ3n) is 1.81. The zero-order valence-electron chi connectivity index (χ0n) is 7.72. The maximum absolute atomic E-state index is 5.07. The summed E-state index contributed by atoms with van der Waals surface area (Å²) in [6, 6.07) is 8.06. The summed E-state index contributed by atoms with van der Waals surface area (Å²) < 4.78 is 5.10. The highest BCUT2D eigenvalue weighted by atomic mass is 32.1. The van der Waals surface area contributed by atoms with Crippen LogP contribution in [0.1, 0.15) is 19.4 Å². The van der Waals surface area contributed by atoms with Crippen molar-refractivity contribution in [2.75, 3.05) is 7.11 Å². The van der Waals surface area contributed by atoms with E-state index in [2.05, 4.69) is 38.6 Å². The number of benzene rings is 1. The van der Waals surface area contributed by atoms with Crippen LogP contribution in [-0.4, -0.2) is 7.11 Å². The molecule has 2 heteroatoms. The Morgan fingerprint density at radius 3 is 2.00 bits per heavy atom. The van der Waals surface area contributed by atoms with Crippen molar-refractivity contribution in [1.82, 2.24) is 0 Å². The van der Waals surface area contributed by atoms with Crippen molar-refractivity contribution >= 4 is 12.6 Å². The van der Waals surface area contributed by atoms with Crippen LogP contribution in [0.15, 0.2) is 24.3 Å². The zero-order valence-corrected chi connectivity index (χ0v) is 8.72.